The van der Waals surface area contributed by atoms with Crippen molar-refractivity contribution >= 4 is 6.47 Å². The molecule has 0 rings (SSSR count). The molecule has 0 atom stereocenters. The van der Waals surface area contributed by atoms with Crippen molar-refractivity contribution in [3.8, 4) is 0 Å². The maximum atomic E-state index is 8.36. The molecule has 27 valence electrons. The molecule has 0 spiro atoms. The van der Waals surface area contributed by atoms with Crippen LogP contribution in [0, 0.1) is 0 Å². The van der Waals surface area contributed by atoms with E-state index in [2.05, 4.69) is 0 Å². The molecule has 0 aliphatic rings. The number of rotatable bonds is 0. The van der Waals surface area contributed by atoms with Gasteiger partial charge in [0, 0.05) is 17.1 Å². The van der Waals surface area contributed by atoms with Crippen LogP contribution in [0.4, 0.5) is 0 Å². The van der Waals surface area contributed by atoms with Gasteiger partial charge in [-0.05, 0) is 0 Å². The van der Waals surface area contributed by atoms with Crippen molar-refractivity contribution in [2.45, 2.75) is 0 Å². The molecule has 0 aliphatic carbocycles. The molecule has 0 heterocycles. The Kier molecular flexibility index (Phi) is 82.3. The molecule has 0 bridgehead atoms. The van der Waals surface area contributed by atoms with Gasteiger partial charge in [0.1, 0.15) is 0 Å². The molecule has 0 aromatic carbocycles. The Hall–Kier alpha value is 0.587. The van der Waals surface area contributed by atoms with Gasteiger partial charge in [0.15, 0.2) is 0 Å². The minimum Gasteiger partial charge on any atom is -1.00 e. The van der Waals surface area contributed by atoms with Crippen LogP contribution in [0.2, 0.25) is 0 Å². The zero-order chi connectivity index (χ0) is 2.71. The second-order valence-electron chi connectivity index (χ2n) is 0.105. The van der Waals surface area contributed by atoms with Crippen molar-refractivity contribution in [3.05, 3.63) is 0 Å². The van der Waals surface area contributed by atoms with E-state index in [1.807, 2.05) is 0 Å². The molecule has 0 fully saturated rings. The Morgan fingerprint density at radius 1 is 1.80 bits per heavy atom. The summed E-state index contributed by atoms with van der Waals surface area (Å²) in [4.78, 5) is 8.36. The Morgan fingerprint density at radius 3 is 1.80 bits per heavy atom. The van der Waals surface area contributed by atoms with Gasteiger partial charge < -0.3 is 6.53 Å². The molecular formula is CH3LiMnO2. The van der Waals surface area contributed by atoms with Gasteiger partial charge in [-0.15, -0.1) is 0 Å². The van der Waals surface area contributed by atoms with Gasteiger partial charge in [-0.25, -0.2) is 0 Å². The standard InChI is InChI=1S/CH2O2.Li.Mn.H/c2-1-3;;;/h1H,(H,2,3);;;/q;+1;;-1. The number of carboxylic acid groups (broad SMARTS) is 1. The van der Waals surface area contributed by atoms with Gasteiger partial charge >= 0.3 is 18.9 Å². The predicted molar refractivity (Wildman–Crippen MR) is 9.80 cm³/mol. The quantitative estimate of drug-likeness (QED) is 0.263. The first-order valence-corrected chi connectivity index (χ1v) is 0.494. The van der Waals surface area contributed by atoms with E-state index in [1.165, 1.54) is 0 Å². The van der Waals surface area contributed by atoms with Gasteiger partial charge in [-0.1, -0.05) is 0 Å². The second-order valence-corrected chi connectivity index (χ2v) is 0.105. The molecule has 0 saturated carbocycles. The first-order chi connectivity index (χ1) is 1.41. The molecule has 5 heavy (non-hydrogen) atoms. The molecule has 0 amide bonds. The number of hydrogen-bond donors (Lipinski definition) is 1. The number of carbonyl (C=O) groups is 1. The topological polar surface area (TPSA) is 37.3 Å². The molecule has 0 aromatic heterocycles. The van der Waals surface area contributed by atoms with Crippen molar-refractivity contribution in [1.82, 2.24) is 0 Å². The maximum Gasteiger partial charge on any atom is 1.00 e. The largest absolute Gasteiger partial charge is 1.00 e. The Bertz CT molecular complexity index is 21.0. The fourth-order valence-corrected chi connectivity index (χ4v) is 0. The van der Waals surface area contributed by atoms with Crippen molar-refractivity contribution in [2.75, 3.05) is 0 Å². The first-order valence-electron chi connectivity index (χ1n) is 0.494. The molecular weight excluding hydrogens is 106 g/mol. The SMILES string of the molecule is O=CO.[H-].[Li+].[Mn]. The summed E-state index contributed by atoms with van der Waals surface area (Å²) < 4.78 is 0. The summed E-state index contributed by atoms with van der Waals surface area (Å²) in [6, 6.07) is 0. The molecule has 0 aromatic rings. The van der Waals surface area contributed by atoms with Gasteiger partial charge in [-0.2, -0.15) is 0 Å². The van der Waals surface area contributed by atoms with Gasteiger partial charge in [0.05, 0.1) is 0 Å². The molecule has 2 nitrogen and oxygen atoms in total. The van der Waals surface area contributed by atoms with Crippen LogP contribution in [-0.2, 0) is 21.9 Å². The summed E-state index contributed by atoms with van der Waals surface area (Å²) in [6.07, 6.45) is 0. The maximum absolute atomic E-state index is 8.36. The van der Waals surface area contributed by atoms with Crippen LogP contribution < -0.4 is 18.9 Å². The molecule has 1 N–H and O–H groups in total. The van der Waals surface area contributed by atoms with Gasteiger partial charge in [0.2, 0.25) is 0 Å². The third-order valence-electron chi connectivity index (χ3n) is 0. The van der Waals surface area contributed by atoms with Crippen molar-refractivity contribution in [2.24, 2.45) is 0 Å². The van der Waals surface area contributed by atoms with E-state index in [-0.39, 0.29) is 43.8 Å². The van der Waals surface area contributed by atoms with Crippen molar-refractivity contribution < 1.29 is 47.3 Å². The van der Waals surface area contributed by atoms with Crippen molar-refractivity contribution in [1.29, 1.82) is 0 Å². The fourth-order valence-electron chi connectivity index (χ4n) is 0. The average Bonchev–Trinajstić information content (AvgIpc) is 0.918. The number of hydrogen-bond acceptors (Lipinski definition) is 1. The zero-order valence-corrected chi connectivity index (χ0v) is 3.99. The van der Waals surface area contributed by atoms with Crippen LogP contribution in [0.25, 0.3) is 0 Å². The molecule has 1 radical (unpaired) electrons. The Labute approximate surface area is 54.1 Å². The van der Waals surface area contributed by atoms with Crippen LogP contribution in [0.1, 0.15) is 1.43 Å². The van der Waals surface area contributed by atoms with Crippen LogP contribution in [0.3, 0.4) is 0 Å². The third kappa shape index (κ3) is 89.1. The van der Waals surface area contributed by atoms with Crippen LogP contribution in [-0.4, -0.2) is 11.6 Å². The first kappa shape index (κ1) is 17.6. The van der Waals surface area contributed by atoms with Crippen LogP contribution in [0.5, 0.6) is 0 Å². The van der Waals surface area contributed by atoms with E-state index in [4.69, 9.17) is 9.90 Å². The third-order valence-corrected chi connectivity index (χ3v) is 0. The summed E-state index contributed by atoms with van der Waals surface area (Å²) in [5.41, 5.74) is 0. The van der Waals surface area contributed by atoms with E-state index >= 15 is 0 Å². The average molecular weight is 109 g/mol. The summed E-state index contributed by atoms with van der Waals surface area (Å²) >= 11 is 0. The van der Waals surface area contributed by atoms with E-state index in [0.29, 0.717) is 0 Å². The van der Waals surface area contributed by atoms with Crippen LogP contribution in [0.15, 0.2) is 0 Å². The Balaban J connectivity index is -0.00000000667. The second kappa shape index (κ2) is 23.4. The zero-order valence-electron chi connectivity index (χ0n) is 3.81. The monoisotopic (exact) mass is 109 g/mol. The van der Waals surface area contributed by atoms with E-state index in [1.54, 1.807) is 0 Å². The van der Waals surface area contributed by atoms with E-state index in [0.717, 1.165) is 0 Å². The molecule has 0 unspecified atom stereocenters. The normalized spacial score (nSPS) is 2.40. The minimum absolute atomic E-state index is 0. The summed E-state index contributed by atoms with van der Waals surface area (Å²) in [7, 11) is 0. The fraction of sp³-hybridized carbons (Fsp3) is 0. The summed E-state index contributed by atoms with van der Waals surface area (Å²) in [5.74, 6) is 0. The van der Waals surface area contributed by atoms with Gasteiger partial charge in [-0.3, -0.25) is 4.79 Å². The Morgan fingerprint density at radius 2 is 1.80 bits per heavy atom. The van der Waals surface area contributed by atoms with E-state index < -0.39 is 0 Å². The molecule has 0 aliphatic heterocycles. The minimum atomic E-state index is -0.250. The summed E-state index contributed by atoms with van der Waals surface area (Å²) in [6.45, 7) is -0.250. The molecule has 4 heteroatoms. The van der Waals surface area contributed by atoms with Gasteiger partial charge in [0.25, 0.3) is 6.47 Å². The predicted octanol–water partition coefficient (Wildman–Crippen LogP) is -3.19. The summed E-state index contributed by atoms with van der Waals surface area (Å²) in [5, 5.41) is 6.89. The van der Waals surface area contributed by atoms with Crippen LogP contribution >= 0.6 is 0 Å². The molecule has 0 saturated heterocycles. The van der Waals surface area contributed by atoms with Crippen molar-refractivity contribution in [3.63, 3.8) is 0 Å². The smallest absolute Gasteiger partial charge is 1.00 e. The van der Waals surface area contributed by atoms with E-state index in [9.17, 15) is 0 Å².